The first kappa shape index (κ1) is 15.8. The van der Waals surface area contributed by atoms with Gasteiger partial charge in [0.2, 0.25) is 0 Å². The van der Waals surface area contributed by atoms with Gasteiger partial charge in [0.25, 0.3) is 0 Å². The molecule has 1 aromatic heterocycles. The molecule has 1 fully saturated rings. The highest BCUT2D eigenvalue weighted by atomic mass is 32.1. The summed E-state index contributed by atoms with van der Waals surface area (Å²) in [6.45, 7) is 6.74. The highest BCUT2D eigenvalue weighted by Crippen LogP contribution is 2.31. The molecule has 1 aliphatic rings. The third-order valence-electron chi connectivity index (χ3n) is 4.20. The quantitative estimate of drug-likeness (QED) is 0.901. The molecular weight excluding hydrogens is 288 g/mol. The maximum absolute atomic E-state index is 12.2. The van der Waals surface area contributed by atoms with Crippen LogP contribution in [-0.2, 0) is 4.79 Å². The van der Waals surface area contributed by atoms with Gasteiger partial charge in [0.1, 0.15) is 0 Å². The number of aryl methyl sites for hydroxylation is 1. The summed E-state index contributed by atoms with van der Waals surface area (Å²) in [6, 6.07) is 3.94. The van der Waals surface area contributed by atoms with Gasteiger partial charge in [0, 0.05) is 22.8 Å². The Bertz CT molecular complexity index is 533. The molecule has 1 atom stereocenters. The molecule has 6 heteroatoms. The first-order valence-corrected chi connectivity index (χ1v) is 7.99. The second-order valence-corrected chi connectivity index (χ2v) is 7.29. The Labute approximate surface area is 129 Å². The van der Waals surface area contributed by atoms with Gasteiger partial charge >= 0.3 is 12.0 Å². The molecule has 1 aliphatic heterocycles. The van der Waals surface area contributed by atoms with E-state index in [1.54, 1.807) is 23.2 Å². The molecule has 2 rings (SSSR count). The third kappa shape index (κ3) is 3.56. The topological polar surface area (TPSA) is 69.6 Å². The Morgan fingerprint density at radius 3 is 2.48 bits per heavy atom. The van der Waals surface area contributed by atoms with E-state index in [4.69, 9.17) is 0 Å². The number of urea groups is 1. The minimum absolute atomic E-state index is 0.0241. The summed E-state index contributed by atoms with van der Waals surface area (Å²) < 4.78 is 0. The van der Waals surface area contributed by atoms with Crippen molar-refractivity contribution in [1.29, 1.82) is 0 Å². The van der Waals surface area contributed by atoms with Crippen LogP contribution >= 0.6 is 11.3 Å². The van der Waals surface area contributed by atoms with Crippen molar-refractivity contribution in [1.82, 2.24) is 10.2 Å². The van der Waals surface area contributed by atoms with Crippen molar-refractivity contribution in [3.63, 3.8) is 0 Å². The van der Waals surface area contributed by atoms with Crippen molar-refractivity contribution in [2.45, 2.75) is 39.7 Å². The summed E-state index contributed by atoms with van der Waals surface area (Å²) in [7, 11) is 0. The van der Waals surface area contributed by atoms with E-state index in [0.29, 0.717) is 25.9 Å². The lowest BCUT2D eigenvalue weighted by Gasteiger charge is -2.36. The Morgan fingerprint density at radius 2 is 2.00 bits per heavy atom. The fourth-order valence-electron chi connectivity index (χ4n) is 2.45. The van der Waals surface area contributed by atoms with Crippen LogP contribution in [0.3, 0.4) is 0 Å². The number of rotatable bonds is 3. The third-order valence-corrected chi connectivity index (χ3v) is 5.38. The highest BCUT2D eigenvalue weighted by molar-refractivity contribution is 7.12. The summed E-state index contributed by atoms with van der Waals surface area (Å²) in [5, 5.41) is 12.2. The largest absolute Gasteiger partial charge is 0.481 e. The smallest absolute Gasteiger partial charge is 0.317 e. The number of carbonyl (C=O) groups is 2. The Balaban J connectivity index is 1.89. The number of nitrogens with zero attached hydrogens (tertiary/aromatic N) is 1. The van der Waals surface area contributed by atoms with Gasteiger partial charge in [-0.1, -0.05) is 0 Å². The van der Waals surface area contributed by atoms with Crippen LogP contribution in [0.5, 0.6) is 0 Å². The lowest BCUT2D eigenvalue weighted by Crippen LogP contribution is -2.49. The van der Waals surface area contributed by atoms with Crippen LogP contribution in [0.1, 0.15) is 42.5 Å². The molecule has 0 spiro atoms. The van der Waals surface area contributed by atoms with E-state index in [1.165, 1.54) is 4.88 Å². The number of aliphatic carboxylic acids is 1. The number of carbonyl (C=O) groups excluding carboxylic acids is 1. The van der Waals surface area contributed by atoms with Crippen LogP contribution in [0.2, 0.25) is 0 Å². The first-order chi connectivity index (χ1) is 9.82. The van der Waals surface area contributed by atoms with Crippen molar-refractivity contribution in [3.05, 3.63) is 21.9 Å². The molecule has 1 saturated heterocycles. The van der Waals surface area contributed by atoms with Gasteiger partial charge in [0.15, 0.2) is 0 Å². The van der Waals surface area contributed by atoms with Gasteiger partial charge in [-0.15, -0.1) is 11.3 Å². The van der Waals surface area contributed by atoms with Gasteiger partial charge in [-0.25, -0.2) is 4.79 Å². The summed E-state index contributed by atoms with van der Waals surface area (Å²) >= 11 is 1.68. The van der Waals surface area contributed by atoms with Crippen LogP contribution in [0.25, 0.3) is 0 Å². The number of hydrogen-bond donors (Lipinski definition) is 2. The van der Waals surface area contributed by atoms with Crippen LogP contribution in [-0.4, -0.2) is 35.1 Å². The van der Waals surface area contributed by atoms with E-state index in [-0.39, 0.29) is 12.1 Å². The molecule has 0 bridgehead atoms. The standard InChI is InChI=1S/C15H22N2O3S/c1-10-4-5-12(21-10)11(2)16-14(20)17-8-6-15(3,7-9-17)13(18)19/h4-5,11H,6-9H2,1-3H3,(H,16,20)(H,18,19). The summed E-state index contributed by atoms with van der Waals surface area (Å²) in [5.74, 6) is -0.773. The predicted molar refractivity (Wildman–Crippen MR) is 82.6 cm³/mol. The minimum atomic E-state index is -0.773. The lowest BCUT2D eigenvalue weighted by atomic mass is 9.80. The van der Waals surface area contributed by atoms with E-state index < -0.39 is 11.4 Å². The van der Waals surface area contributed by atoms with E-state index in [9.17, 15) is 14.7 Å². The maximum Gasteiger partial charge on any atom is 0.317 e. The monoisotopic (exact) mass is 310 g/mol. The molecule has 21 heavy (non-hydrogen) atoms. The molecule has 5 nitrogen and oxygen atoms in total. The van der Waals surface area contributed by atoms with Crippen LogP contribution in [0, 0.1) is 12.3 Å². The van der Waals surface area contributed by atoms with Crippen molar-refractivity contribution >= 4 is 23.3 Å². The molecule has 2 amide bonds. The fourth-order valence-corrected chi connectivity index (χ4v) is 3.33. The Hall–Kier alpha value is -1.56. The molecule has 0 saturated carbocycles. The van der Waals surface area contributed by atoms with Gasteiger partial charge in [-0.3, -0.25) is 4.79 Å². The SMILES string of the molecule is Cc1ccc(C(C)NC(=O)N2CCC(C)(C(=O)O)CC2)s1. The van der Waals surface area contributed by atoms with Gasteiger partial charge in [0.05, 0.1) is 11.5 Å². The summed E-state index contributed by atoms with van der Waals surface area (Å²) in [6.07, 6.45) is 1.00. The Morgan fingerprint density at radius 1 is 1.38 bits per heavy atom. The average molecular weight is 310 g/mol. The average Bonchev–Trinajstić information content (AvgIpc) is 2.86. The van der Waals surface area contributed by atoms with Crippen molar-refractivity contribution in [2.24, 2.45) is 5.41 Å². The minimum Gasteiger partial charge on any atom is -0.481 e. The maximum atomic E-state index is 12.2. The molecule has 2 N–H and O–H groups in total. The predicted octanol–water partition coefficient (Wildman–Crippen LogP) is 3.01. The number of nitrogens with one attached hydrogen (secondary N) is 1. The zero-order valence-electron chi connectivity index (χ0n) is 12.7. The number of hydrogen-bond acceptors (Lipinski definition) is 3. The number of carboxylic acids is 1. The van der Waals surface area contributed by atoms with E-state index in [2.05, 4.69) is 5.32 Å². The second-order valence-electron chi connectivity index (χ2n) is 5.97. The van der Waals surface area contributed by atoms with E-state index >= 15 is 0 Å². The molecule has 2 heterocycles. The molecule has 1 unspecified atom stereocenters. The van der Waals surface area contributed by atoms with Crippen LogP contribution in [0.4, 0.5) is 4.79 Å². The van der Waals surface area contributed by atoms with Gasteiger partial charge < -0.3 is 15.3 Å². The second kappa shape index (κ2) is 6.05. The summed E-state index contributed by atoms with van der Waals surface area (Å²) in [5.41, 5.74) is -0.701. The first-order valence-electron chi connectivity index (χ1n) is 7.17. The number of amides is 2. The zero-order chi connectivity index (χ0) is 15.6. The van der Waals surface area contributed by atoms with Gasteiger partial charge in [-0.05, 0) is 45.7 Å². The molecule has 0 aromatic carbocycles. The molecule has 0 radical (unpaired) electrons. The normalized spacial score (nSPS) is 19.1. The Kier molecular flexibility index (Phi) is 4.56. The van der Waals surface area contributed by atoms with Crippen molar-refractivity contribution < 1.29 is 14.7 Å². The molecular formula is C15H22N2O3S. The number of piperidine rings is 1. The van der Waals surface area contributed by atoms with E-state index in [0.717, 1.165) is 4.88 Å². The zero-order valence-corrected chi connectivity index (χ0v) is 13.5. The van der Waals surface area contributed by atoms with E-state index in [1.807, 2.05) is 26.0 Å². The number of thiophene rings is 1. The molecule has 116 valence electrons. The van der Waals surface area contributed by atoms with Crippen molar-refractivity contribution in [3.8, 4) is 0 Å². The lowest BCUT2D eigenvalue weighted by molar-refractivity contribution is -0.150. The van der Waals surface area contributed by atoms with Crippen LogP contribution < -0.4 is 5.32 Å². The summed E-state index contributed by atoms with van der Waals surface area (Å²) in [4.78, 5) is 27.5. The van der Waals surface area contributed by atoms with Crippen LogP contribution in [0.15, 0.2) is 12.1 Å². The number of likely N-dealkylation sites (tertiary alicyclic amines) is 1. The number of carboxylic acid groups (broad SMARTS) is 1. The van der Waals surface area contributed by atoms with Gasteiger partial charge in [-0.2, -0.15) is 0 Å². The van der Waals surface area contributed by atoms with Crippen molar-refractivity contribution in [2.75, 3.05) is 13.1 Å². The molecule has 0 aliphatic carbocycles. The molecule has 1 aromatic rings. The fraction of sp³-hybridized carbons (Fsp3) is 0.600. The highest BCUT2D eigenvalue weighted by Gasteiger charge is 2.38.